The van der Waals surface area contributed by atoms with Crippen molar-refractivity contribution in [2.45, 2.75) is 4.90 Å². The van der Waals surface area contributed by atoms with E-state index in [1.54, 1.807) is 29.4 Å². The highest BCUT2D eigenvalue weighted by Gasteiger charge is 2.01. The largest absolute Gasteiger partial charge is 0.409 e. The molecule has 13 heavy (non-hydrogen) atoms. The molecular formula is C8H10N2O2S. The molecule has 0 spiro atoms. The average Bonchev–Trinajstić information content (AvgIpc) is 2.21. The predicted molar refractivity (Wildman–Crippen MR) is 51.5 cm³/mol. The number of amidine groups is 1. The second-order valence-corrected chi connectivity index (χ2v) is 3.17. The molecule has 1 aromatic carbocycles. The SMILES string of the molecule is CSc1ccc(C(=NO)NO)cc1. The fourth-order valence-electron chi connectivity index (χ4n) is 0.894. The van der Waals surface area contributed by atoms with Crippen LogP contribution in [0.2, 0.25) is 0 Å². The van der Waals surface area contributed by atoms with Gasteiger partial charge in [0, 0.05) is 10.5 Å². The zero-order chi connectivity index (χ0) is 9.68. The first-order chi connectivity index (χ1) is 6.31. The van der Waals surface area contributed by atoms with Gasteiger partial charge in [-0.2, -0.15) is 0 Å². The van der Waals surface area contributed by atoms with Crippen molar-refractivity contribution in [3.8, 4) is 0 Å². The van der Waals surface area contributed by atoms with Crippen molar-refractivity contribution in [1.29, 1.82) is 0 Å². The Morgan fingerprint density at radius 1 is 1.38 bits per heavy atom. The van der Waals surface area contributed by atoms with E-state index in [9.17, 15) is 0 Å². The van der Waals surface area contributed by atoms with Gasteiger partial charge in [-0.1, -0.05) is 5.16 Å². The number of benzene rings is 1. The molecule has 0 aliphatic carbocycles. The second kappa shape index (κ2) is 4.74. The Labute approximate surface area is 80.2 Å². The van der Waals surface area contributed by atoms with Gasteiger partial charge in [-0.05, 0) is 30.5 Å². The number of hydroxylamine groups is 1. The van der Waals surface area contributed by atoms with Crippen LogP contribution >= 0.6 is 11.8 Å². The Morgan fingerprint density at radius 2 is 2.00 bits per heavy atom. The minimum Gasteiger partial charge on any atom is -0.409 e. The summed E-state index contributed by atoms with van der Waals surface area (Å²) >= 11 is 1.62. The molecule has 4 nitrogen and oxygen atoms in total. The summed E-state index contributed by atoms with van der Waals surface area (Å²) in [7, 11) is 0. The lowest BCUT2D eigenvalue weighted by Gasteiger charge is -2.02. The molecule has 0 bridgehead atoms. The Morgan fingerprint density at radius 3 is 2.38 bits per heavy atom. The third-order valence-corrected chi connectivity index (χ3v) is 2.31. The Balaban J connectivity index is 2.91. The quantitative estimate of drug-likeness (QED) is 0.222. The van der Waals surface area contributed by atoms with Crippen molar-refractivity contribution in [3.63, 3.8) is 0 Å². The highest BCUT2D eigenvalue weighted by molar-refractivity contribution is 7.98. The van der Waals surface area contributed by atoms with Crippen LogP contribution < -0.4 is 5.48 Å². The summed E-state index contributed by atoms with van der Waals surface area (Å²) in [6, 6.07) is 7.26. The first-order valence-corrected chi connectivity index (χ1v) is 4.81. The number of nitrogens with one attached hydrogen (secondary N) is 1. The maximum absolute atomic E-state index is 8.56. The van der Waals surface area contributed by atoms with E-state index < -0.39 is 0 Å². The molecule has 0 aliphatic heterocycles. The number of nitrogens with zero attached hydrogens (tertiary/aromatic N) is 1. The summed E-state index contributed by atoms with van der Waals surface area (Å²) in [5.74, 6) is 0.0349. The van der Waals surface area contributed by atoms with Crippen molar-refractivity contribution in [3.05, 3.63) is 29.8 Å². The number of rotatable bonds is 2. The van der Waals surface area contributed by atoms with Crippen LogP contribution in [0.5, 0.6) is 0 Å². The van der Waals surface area contributed by atoms with Gasteiger partial charge in [0.25, 0.3) is 0 Å². The van der Waals surface area contributed by atoms with Gasteiger partial charge in [0.05, 0.1) is 0 Å². The van der Waals surface area contributed by atoms with Crippen molar-refractivity contribution < 1.29 is 10.4 Å². The van der Waals surface area contributed by atoms with Gasteiger partial charge in [0.2, 0.25) is 0 Å². The fraction of sp³-hybridized carbons (Fsp3) is 0.125. The molecule has 0 aromatic heterocycles. The third kappa shape index (κ3) is 2.37. The van der Waals surface area contributed by atoms with Crippen LogP contribution in [0.25, 0.3) is 0 Å². The zero-order valence-electron chi connectivity index (χ0n) is 7.06. The molecule has 0 unspecified atom stereocenters. The molecule has 0 saturated carbocycles. The van der Waals surface area contributed by atoms with E-state index in [2.05, 4.69) is 5.16 Å². The maximum atomic E-state index is 8.56. The molecular weight excluding hydrogens is 188 g/mol. The molecule has 0 aliphatic rings. The van der Waals surface area contributed by atoms with Gasteiger partial charge in [-0.15, -0.1) is 11.8 Å². The van der Waals surface area contributed by atoms with E-state index in [1.165, 1.54) is 0 Å². The molecule has 0 heterocycles. The normalized spacial score (nSPS) is 11.4. The van der Waals surface area contributed by atoms with Crippen molar-refractivity contribution in [2.24, 2.45) is 5.16 Å². The highest BCUT2D eigenvalue weighted by Crippen LogP contribution is 2.14. The maximum Gasteiger partial charge on any atom is 0.196 e. The topological polar surface area (TPSA) is 64.9 Å². The smallest absolute Gasteiger partial charge is 0.196 e. The molecule has 3 N–H and O–H groups in total. The lowest BCUT2D eigenvalue weighted by Crippen LogP contribution is -2.19. The number of hydrogen-bond donors (Lipinski definition) is 3. The summed E-state index contributed by atoms with van der Waals surface area (Å²) in [6.07, 6.45) is 1.97. The van der Waals surface area contributed by atoms with Crippen LogP contribution in [0.15, 0.2) is 34.3 Å². The Hall–Kier alpha value is -1.20. The van der Waals surface area contributed by atoms with Crippen LogP contribution in [0.1, 0.15) is 5.56 Å². The minimum atomic E-state index is 0.0349. The number of hydrogen-bond acceptors (Lipinski definition) is 4. The third-order valence-electron chi connectivity index (χ3n) is 1.57. The lowest BCUT2D eigenvalue weighted by molar-refractivity contribution is 0.223. The van der Waals surface area contributed by atoms with Crippen molar-refractivity contribution >= 4 is 17.6 Å². The van der Waals surface area contributed by atoms with E-state index >= 15 is 0 Å². The van der Waals surface area contributed by atoms with Crippen molar-refractivity contribution in [2.75, 3.05) is 6.26 Å². The minimum absolute atomic E-state index is 0.0349. The Bertz CT molecular complexity index is 298. The van der Waals surface area contributed by atoms with E-state index in [0.29, 0.717) is 5.56 Å². The van der Waals surface area contributed by atoms with Crippen molar-refractivity contribution in [1.82, 2.24) is 5.48 Å². The molecule has 0 saturated heterocycles. The fourth-order valence-corrected chi connectivity index (χ4v) is 1.30. The van der Waals surface area contributed by atoms with Gasteiger partial charge >= 0.3 is 0 Å². The van der Waals surface area contributed by atoms with Gasteiger partial charge in [-0.3, -0.25) is 5.21 Å². The molecule has 5 heteroatoms. The average molecular weight is 198 g/mol. The van der Waals surface area contributed by atoms with Gasteiger partial charge in [0.15, 0.2) is 5.84 Å². The van der Waals surface area contributed by atoms with Gasteiger partial charge in [-0.25, -0.2) is 5.48 Å². The first kappa shape index (κ1) is 9.88. The van der Waals surface area contributed by atoms with E-state index in [4.69, 9.17) is 10.4 Å². The predicted octanol–water partition coefficient (Wildman–Crippen LogP) is 1.52. The Kier molecular flexibility index (Phi) is 3.60. The summed E-state index contributed by atoms with van der Waals surface area (Å²) in [6.45, 7) is 0. The van der Waals surface area contributed by atoms with Crippen LogP contribution in [0.3, 0.4) is 0 Å². The molecule has 1 rings (SSSR count). The molecule has 0 amide bonds. The van der Waals surface area contributed by atoms with Crippen LogP contribution in [0.4, 0.5) is 0 Å². The molecule has 0 radical (unpaired) electrons. The van der Waals surface area contributed by atoms with Gasteiger partial charge in [0.1, 0.15) is 0 Å². The van der Waals surface area contributed by atoms with Crippen LogP contribution in [0, 0.1) is 0 Å². The van der Waals surface area contributed by atoms with Crippen LogP contribution in [-0.2, 0) is 0 Å². The molecule has 0 fully saturated rings. The molecule has 70 valence electrons. The highest BCUT2D eigenvalue weighted by atomic mass is 32.2. The lowest BCUT2D eigenvalue weighted by atomic mass is 10.2. The molecule has 1 aromatic rings. The summed E-state index contributed by atoms with van der Waals surface area (Å²) in [5, 5.41) is 19.9. The second-order valence-electron chi connectivity index (χ2n) is 2.29. The zero-order valence-corrected chi connectivity index (χ0v) is 7.88. The van der Waals surface area contributed by atoms with Gasteiger partial charge < -0.3 is 5.21 Å². The van der Waals surface area contributed by atoms with E-state index in [-0.39, 0.29) is 5.84 Å². The monoisotopic (exact) mass is 198 g/mol. The summed E-state index contributed by atoms with van der Waals surface area (Å²) in [5.41, 5.74) is 2.43. The first-order valence-electron chi connectivity index (χ1n) is 3.58. The number of oxime groups is 1. The summed E-state index contributed by atoms with van der Waals surface area (Å²) in [4.78, 5) is 1.11. The molecule has 0 atom stereocenters. The van der Waals surface area contributed by atoms with E-state index in [0.717, 1.165) is 4.90 Å². The summed E-state index contributed by atoms with van der Waals surface area (Å²) < 4.78 is 0. The number of thioether (sulfide) groups is 1. The standard InChI is InChI=1S/C8H10N2O2S/c1-13-7-4-2-6(3-5-7)8(9-11)10-12/h2-5,11-12H,1H3,(H,9,10). The van der Waals surface area contributed by atoms with E-state index in [1.807, 2.05) is 18.4 Å². The van der Waals surface area contributed by atoms with Crippen LogP contribution in [-0.4, -0.2) is 22.5 Å².